The maximum atomic E-state index is 11.0. The zero-order chi connectivity index (χ0) is 11.4. The quantitative estimate of drug-likeness (QED) is 0.436. The van der Waals surface area contributed by atoms with Gasteiger partial charge in [0.1, 0.15) is 0 Å². The van der Waals surface area contributed by atoms with E-state index in [1.807, 2.05) is 36.4 Å². The molecule has 0 aliphatic carbocycles. The van der Waals surface area contributed by atoms with Crippen molar-refractivity contribution in [1.82, 2.24) is 0 Å². The fourth-order valence-electron chi connectivity index (χ4n) is 1.46. The summed E-state index contributed by atoms with van der Waals surface area (Å²) in [5.41, 5.74) is 8.69. The second-order valence-corrected chi connectivity index (χ2v) is 3.18. The third-order valence-electron chi connectivity index (χ3n) is 2.14. The van der Waals surface area contributed by atoms with Crippen LogP contribution in [0.15, 0.2) is 47.6 Å². The van der Waals surface area contributed by atoms with Crippen LogP contribution in [0.5, 0.6) is 0 Å². The molecule has 78 valence electrons. The van der Waals surface area contributed by atoms with Crippen molar-refractivity contribution >= 4 is 22.5 Å². The topological polar surface area (TPSA) is 77.9 Å². The number of nitrogens with zero attached hydrogens (tertiary/aromatic N) is 3. The van der Waals surface area contributed by atoms with Crippen molar-refractivity contribution < 1.29 is 4.79 Å². The van der Waals surface area contributed by atoms with Crippen LogP contribution in [0.4, 0.5) is 10.5 Å². The number of fused-ring (bicyclic) bond motifs is 1. The summed E-state index contributed by atoms with van der Waals surface area (Å²) in [5.74, 6) is 0. The van der Waals surface area contributed by atoms with E-state index in [1.165, 1.54) is 0 Å². The summed E-state index contributed by atoms with van der Waals surface area (Å²) < 4.78 is 0. The lowest BCUT2D eigenvalue weighted by atomic mass is 10.1. The number of urea groups is 1. The molecule has 2 aromatic rings. The average molecular weight is 212 g/mol. The van der Waals surface area contributed by atoms with E-state index in [0.717, 1.165) is 10.8 Å². The van der Waals surface area contributed by atoms with E-state index in [0.29, 0.717) is 5.69 Å². The van der Waals surface area contributed by atoms with E-state index in [9.17, 15) is 4.79 Å². The Hall–Kier alpha value is -2.52. The zero-order valence-electron chi connectivity index (χ0n) is 8.29. The highest BCUT2D eigenvalue weighted by atomic mass is 16.2. The standard InChI is InChI=1S/C11H8N4O/c12-15-14-11(16)13-10-6-5-8-3-1-2-4-9(8)7-10/h1-7H,(H,13,16). The molecule has 0 radical (unpaired) electrons. The number of benzene rings is 2. The van der Waals surface area contributed by atoms with Crippen LogP contribution >= 0.6 is 0 Å². The number of rotatable bonds is 1. The number of anilines is 1. The molecule has 1 N–H and O–H groups in total. The SMILES string of the molecule is [N-]=[N+]=NC(=O)Nc1ccc2ccccc2c1. The second kappa shape index (κ2) is 4.33. The summed E-state index contributed by atoms with van der Waals surface area (Å²) >= 11 is 0. The number of carbonyl (C=O) groups excluding carboxylic acids is 1. The summed E-state index contributed by atoms with van der Waals surface area (Å²) in [7, 11) is 0. The van der Waals surface area contributed by atoms with Crippen LogP contribution < -0.4 is 5.32 Å². The molecule has 0 spiro atoms. The molecule has 2 aromatic carbocycles. The van der Waals surface area contributed by atoms with Gasteiger partial charge >= 0.3 is 6.03 Å². The fourth-order valence-corrected chi connectivity index (χ4v) is 1.46. The van der Waals surface area contributed by atoms with Crippen LogP contribution in [0.1, 0.15) is 0 Å². The van der Waals surface area contributed by atoms with Crippen molar-refractivity contribution in [2.75, 3.05) is 5.32 Å². The van der Waals surface area contributed by atoms with Crippen LogP contribution in [0, 0.1) is 0 Å². The minimum atomic E-state index is -0.710. The Morgan fingerprint density at radius 3 is 2.69 bits per heavy atom. The smallest absolute Gasteiger partial charge is 0.312 e. The van der Waals surface area contributed by atoms with Gasteiger partial charge in [-0.2, -0.15) is 0 Å². The van der Waals surface area contributed by atoms with E-state index >= 15 is 0 Å². The largest absolute Gasteiger partial charge is 0.321 e. The molecule has 0 saturated heterocycles. The van der Waals surface area contributed by atoms with Crippen molar-refractivity contribution in [3.05, 3.63) is 52.9 Å². The summed E-state index contributed by atoms with van der Waals surface area (Å²) in [6.45, 7) is 0. The molecule has 0 aromatic heterocycles. The van der Waals surface area contributed by atoms with E-state index < -0.39 is 6.03 Å². The van der Waals surface area contributed by atoms with Crippen molar-refractivity contribution in [2.24, 2.45) is 5.11 Å². The lowest BCUT2D eigenvalue weighted by Crippen LogP contribution is -2.04. The number of hydrogen-bond donors (Lipinski definition) is 1. The Morgan fingerprint density at radius 1 is 1.19 bits per heavy atom. The Bertz CT molecular complexity index is 587. The molecule has 0 atom stereocenters. The Morgan fingerprint density at radius 2 is 1.94 bits per heavy atom. The summed E-state index contributed by atoms with van der Waals surface area (Å²) in [6, 6.07) is 12.5. The highest BCUT2D eigenvalue weighted by Gasteiger charge is 1.99. The van der Waals surface area contributed by atoms with Crippen LogP contribution in [-0.4, -0.2) is 6.03 Å². The van der Waals surface area contributed by atoms with Gasteiger partial charge in [0.25, 0.3) is 0 Å². The molecule has 0 heterocycles. The second-order valence-electron chi connectivity index (χ2n) is 3.18. The van der Waals surface area contributed by atoms with Gasteiger partial charge in [0, 0.05) is 15.7 Å². The van der Waals surface area contributed by atoms with Gasteiger partial charge in [0.05, 0.1) is 0 Å². The van der Waals surface area contributed by atoms with Gasteiger partial charge in [-0.1, -0.05) is 30.3 Å². The third kappa shape index (κ3) is 2.10. The molecule has 2 rings (SSSR count). The molecule has 0 unspecified atom stereocenters. The molecule has 16 heavy (non-hydrogen) atoms. The average Bonchev–Trinajstić information content (AvgIpc) is 2.29. The number of hydrogen-bond acceptors (Lipinski definition) is 1. The first-order valence-corrected chi connectivity index (χ1v) is 4.64. The molecule has 0 fully saturated rings. The number of amides is 2. The summed E-state index contributed by atoms with van der Waals surface area (Å²) in [5, 5.41) is 7.51. The molecule has 5 heteroatoms. The van der Waals surface area contributed by atoms with E-state index in [-0.39, 0.29) is 0 Å². The van der Waals surface area contributed by atoms with Crippen LogP contribution in [0.3, 0.4) is 0 Å². The summed E-state index contributed by atoms with van der Waals surface area (Å²) in [4.78, 5) is 13.4. The van der Waals surface area contributed by atoms with Gasteiger partial charge in [-0.3, -0.25) is 4.79 Å². The maximum absolute atomic E-state index is 11.0. The highest BCUT2D eigenvalue weighted by molar-refractivity contribution is 5.93. The van der Waals surface area contributed by atoms with Gasteiger partial charge in [-0.25, -0.2) is 0 Å². The first-order valence-electron chi connectivity index (χ1n) is 4.64. The lowest BCUT2D eigenvalue weighted by Gasteiger charge is -2.03. The van der Waals surface area contributed by atoms with Crippen molar-refractivity contribution in [2.45, 2.75) is 0 Å². The predicted molar refractivity (Wildman–Crippen MR) is 62.1 cm³/mol. The van der Waals surface area contributed by atoms with Crippen molar-refractivity contribution in [3.63, 3.8) is 0 Å². The Labute approximate surface area is 91.3 Å². The minimum absolute atomic E-state index is 0.608. The van der Waals surface area contributed by atoms with Gasteiger partial charge < -0.3 is 5.32 Å². The molecule has 5 nitrogen and oxygen atoms in total. The third-order valence-corrected chi connectivity index (χ3v) is 2.14. The lowest BCUT2D eigenvalue weighted by molar-refractivity contribution is 0.259. The highest BCUT2D eigenvalue weighted by Crippen LogP contribution is 2.18. The number of carbonyl (C=O) groups is 1. The molecule has 0 aliphatic heterocycles. The summed E-state index contributed by atoms with van der Waals surface area (Å²) in [6.07, 6.45) is 0. The number of azide groups is 1. The van der Waals surface area contributed by atoms with Crippen molar-refractivity contribution in [1.29, 1.82) is 0 Å². The number of nitrogens with one attached hydrogen (secondary N) is 1. The van der Waals surface area contributed by atoms with Gasteiger partial charge in [-0.05, 0) is 28.4 Å². The molecular weight excluding hydrogens is 204 g/mol. The van der Waals surface area contributed by atoms with Gasteiger partial charge in [0.15, 0.2) is 0 Å². The van der Waals surface area contributed by atoms with E-state index in [4.69, 9.17) is 5.53 Å². The molecule has 0 bridgehead atoms. The molecular formula is C11H8N4O. The predicted octanol–water partition coefficient (Wildman–Crippen LogP) is 3.68. The van der Waals surface area contributed by atoms with E-state index in [1.54, 1.807) is 6.07 Å². The van der Waals surface area contributed by atoms with Crippen LogP contribution in [-0.2, 0) is 0 Å². The first-order chi connectivity index (χ1) is 7.79. The normalized spacial score (nSPS) is 9.50. The van der Waals surface area contributed by atoms with Crippen molar-refractivity contribution in [3.8, 4) is 0 Å². The molecule has 2 amide bonds. The van der Waals surface area contributed by atoms with Gasteiger partial charge in [0.2, 0.25) is 0 Å². The Kier molecular flexibility index (Phi) is 2.71. The van der Waals surface area contributed by atoms with E-state index in [2.05, 4.69) is 15.3 Å². The van der Waals surface area contributed by atoms with Crippen LogP contribution in [0.2, 0.25) is 0 Å². The first kappa shape index (κ1) is 10.0. The Balaban J connectivity index is 2.32. The van der Waals surface area contributed by atoms with Gasteiger partial charge in [-0.15, -0.1) is 0 Å². The van der Waals surface area contributed by atoms with Crippen LogP contribution in [0.25, 0.3) is 21.2 Å². The molecule has 0 aliphatic rings. The maximum Gasteiger partial charge on any atom is 0.312 e. The monoisotopic (exact) mass is 212 g/mol. The zero-order valence-corrected chi connectivity index (χ0v) is 8.29. The fraction of sp³-hybridized carbons (Fsp3) is 0. The molecule has 0 saturated carbocycles. The minimum Gasteiger partial charge on any atom is -0.321 e.